The van der Waals surface area contributed by atoms with Gasteiger partial charge in [-0.3, -0.25) is 0 Å². The molecule has 0 aliphatic rings. The van der Waals surface area contributed by atoms with Crippen LogP contribution in [0.5, 0.6) is 0 Å². The molecular formula is C59H43N. The monoisotopic (exact) mass is 765 g/mol. The predicted octanol–water partition coefficient (Wildman–Crippen LogP) is 15.9. The van der Waals surface area contributed by atoms with Crippen LogP contribution in [0.4, 0.5) is 0 Å². The van der Waals surface area contributed by atoms with E-state index in [0.29, 0.717) is 0 Å². The van der Waals surface area contributed by atoms with Gasteiger partial charge in [0, 0.05) is 0 Å². The van der Waals surface area contributed by atoms with Crippen molar-refractivity contribution in [3.8, 4) is 66.8 Å². The minimum absolute atomic E-state index is 1.19. The Morgan fingerprint density at radius 3 is 0.867 bits per heavy atom. The Labute approximate surface area is 351 Å². The van der Waals surface area contributed by atoms with E-state index in [4.69, 9.17) is 0 Å². The van der Waals surface area contributed by atoms with E-state index in [9.17, 15) is 0 Å². The molecule has 0 aromatic heterocycles. The van der Waals surface area contributed by atoms with Crippen LogP contribution in [-0.4, -0.2) is 7.05 Å². The maximum atomic E-state index is 4.50. The van der Waals surface area contributed by atoms with E-state index in [2.05, 4.69) is 236 Å². The lowest BCUT2D eigenvalue weighted by molar-refractivity contribution is 1.48. The van der Waals surface area contributed by atoms with Crippen molar-refractivity contribution in [1.82, 2.24) is 0 Å². The van der Waals surface area contributed by atoms with Crippen molar-refractivity contribution in [1.29, 1.82) is 0 Å². The molecule has 0 spiro atoms. The van der Waals surface area contributed by atoms with Crippen molar-refractivity contribution < 1.29 is 0 Å². The standard InChI is InChI=1S/C58H38.CH5N/c1-3-19-39(20-4-1)45-27-7-8-28-46(45)58-53-35-15-13-33-51(53)57(52-34-14-16-36-54(52)58)44-26-18-24-42(38-44)41-23-17-25-43(37-41)56-49-31-11-9-29-47(49)55(40-21-5-2-6-22-40)48-30-10-12-32-50(48)56;1-2/h1-38H;2H2,1H3. The van der Waals surface area contributed by atoms with Crippen LogP contribution in [0, 0.1) is 0 Å². The lowest BCUT2D eigenvalue weighted by Crippen LogP contribution is -1.93. The molecule has 0 fully saturated rings. The SMILES string of the molecule is CN.c1ccc(-c2ccccc2-c2c3ccccc3c(-c3cccc(-c4cccc(-c5c6ccccc6c(-c6ccccc6)c6ccccc56)c4)c3)c3ccccc23)cc1. The highest BCUT2D eigenvalue weighted by atomic mass is 14.4. The molecule has 0 aliphatic carbocycles. The van der Waals surface area contributed by atoms with Gasteiger partial charge in [-0.05, 0) is 129 Å². The van der Waals surface area contributed by atoms with Gasteiger partial charge in [-0.15, -0.1) is 0 Å². The first-order chi connectivity index (χ1) is 29.8. The summed E-state index contributed by atoms with van der Waals surface area (Å²) in [6.07, 6.45) is 0. The first-order valence-electron chi connectivity index (χ1n) is 20.7. The van der Waals surface area contributed by atoms with Crippen molar-refractivity contribution in [2.75, 3.05) is 7.05 Å². The van der Waals surface area contributed by atoms with Gasteiger partial charge in [0.05, 0.1) is 0 Å². The van der Waals surface area contributed by atoms with Crippen LogP contribution in [0.2, 0.25) is 0 Å². The first-order valence-corrected chi connectivity index (χ1v) is 20.7. The maximum absolute atomic E-state index is 4.50. The topological polar surface area (TPSA) is 26.0 Å². The molecule has 0 unspecified atom stereocenters. The van der Waals surface area contributed by atoms with E-state index in [0.717, 1.165) is 0 Å². The summed E-state index contributed by atoms with van der Waals surface area (Å²) >= 11 is 0. The molecule has 284 valence electrons. The molecule has 1 nitrogen and oxygen atoms in total. The van der Waals surface area contributed by atoms with E-state index in [1.807, 2.05) is 0 Å². The van der Waals surface area contributed by atoms with Crippen molar-refractivity contribution >= 4 is 43.1 Å². The fourth-order valence-electron chi connectivity index (χ4n) is 9.36. The highest BCUT2D eigenvalue weighted by Crippen LogP contribution is 2.47. The van der Waals surface area contributed by atoms with E-state index in [1.165, 1.54) is 117 Å². The van der Waals surface area contributed by atoms with Crippen LogP contribution >= 0.6 is 0 Å². The summed E-state index contributed by atoms with van der Waals surface area (Å²) in [5.74, 6) is 0. The number of benzene rings is 11. The number of hydrogen-bond donors (Lipinski definition) is 1. The maximum Gasteiger partial charge on any atom is -0.00201 e. The van der Waals surface area contributed by atoms with Gasteiger partial charge >= 0.3 is 0 Å². The zero-order valence-electron chi connectivity index (χ0n) is 33.5. The largest absolute Gasteiger partial charge is 0.333 e. The minimum Gasteiger partial charge on any atom is -0.333 e. The van der Waals surface area contributed by atoms with Gasteiger partial charge in [0.1, 0.15) is 0 Å². The van der Waals surface area contributed by atoms with Crippen LogP contribution in [-0.2, 0) is 0 Å². The van der Waals surface area contributed by atoms with Crippen molar-refractivity contribution in [2.45, 2.75) is 0 Å². The Morgan fingerprint density at radius 1 is 0.200 bits per heavy atom. The van der Waals surface area contributed by atoms with Gasteiger partial charge in [-0.1, -0.05) is 218 Å². The van der Waals surface area contributed by atoms with Crippen LogP contribution in [0.15, 0.2) is 231 Å². The smallest absolute Gasteiger partial charge is 0.00201 e. The zero-order chi connectivity index (χ0) is 40.4. The molecule has 0 radical (unpaired) electrons. The molecular weight excluding hydrogens is 723 g/mol. The molecule has 11 aromatic carbocycles. The summed E-state index contributed by atoms with van der Waals surface area (Å²) in [5.41, 5.74) is 19.4. The fourth-order valence-corrected chi connectivity index (χ4v) is 9.36. The summed E-state index contributed by atoms with van der Waals surface area (Å²) in [6, 6.07) is 84.4. The predicted molar refractivity (Wildman–Crippen MR) is 259 cm³/mol. The summed E-state index contributed by atoms with van der Waals surface area (Å²) in [5, 5.41) is 10.1. The Morgan fingerprint density at radius 2 is 0.467 bits per heavy atom. The van der Waals surface area contributed by atoms with Crippen LogP contribution < -0.4 is 5.73 Å². The Bertz CT molecular complexity index is 3210. The van der Waals surface area contributed by atoms with Gasteiger partial charge in [0.15, 0.2) is 0 Å². The molecule has 0 atom stereocenters. The van der Waals surface area contributed by atoms with Gasteiger partial charge in [-0.25, -0.2) is 0 Å². The van der Waals surface area contributed by atoms with Gasteiger partial charge in [0.2, 0.25) is 0 Å². The van der Waals surface area contributed by atoms with E-state index in [1.54, 1.807) is 0 Å². The van der Waals surface area contributed by atoms with E-state index in [-0.39, 0.29) is 0 Å². The summed E-state index contributed by atoms with van der Waals surface area (Å²) < 4.78 is 0. The fraction of sp³-hybridized carbons (Fsp3) is 0.0169. The number of hydrogen-bond acceptors (Lipinski definition) is 1. The molecule has 0 bridgehead atoms. The van der Waals surface area contributed by atoms with Crippen molar-refractivity contribution in [3.05, 3.63) is 231 Å². The number of fused-ring (bicyclic) bond motifs is 4. The van der Waals surface area contributed by atoms with Crippen LogP contribution in [0.3, 0.4) is 0 Å². The van der Waals surface area contributed by atoms with E-state index >= 15 is 0 Å². The quantitative estimate of drug-likeness (QED) is 0.168. The van der Waals surface area contributed by atoms with Gasteiger partial charge in [-0.2, -0.15) is 0 Å². The van der Waals surface area contributed by atoms with Gasteiger partial charge < -0.3 is 5.73 Å². The van der Waals surface area contributed by atoms with Crippen LogP contribution in [0.1, 0.15) is 0 Å². The lowest BCUT2D eigenvalue weighted by atomic mass is 9.83. The Kier molecular flexibility index (Phi) is 9.79. The highest BCUT2D eigenvalue weighted by Gasteiger charge is 2.20. The second-order valence-electron chi connectivity index (χ2n) is 15.1. The molecule has 0 saturated heterocycles. The molecule has 2 N–H and O–H groups in total. The molecule has 0 aliphatic heterocycles. The van der Waals surface area contributed by atoms with Crippen molar-refractivity contribution in [2.24, 2.45) is 5.73 Å². The zero-order valence-corrected chi connectivity index (χ0v) is 33.5. The lowest BCUT2D eigenvalue weighted by Gasteiger charge is -2.20. The number of rotatable bonds is 6. The Balaban J connectivity index is 0.00000213. The normalized spacial score (nSPS) is 11.2. The average Bonchev–Trinajstić information content (AvgIpc) is 3.33. The second-order valence-corrected chi connectivity index (χ2v) is 15.1. The third-order valence-corrected chi connectivity index (χ3v) is 11.8. The number of nitrogens with two attached hydrogens (primary N) is 1. The summed E-state index contributed by atoms with van der Waals surface area (Å²) in [6.45, 7) is 0. The summed E-state index contributed by atoms with van der Waals surface area (Å²) in [7, 11) is 1.50. The third-order valence-electron chi connectivity index (χ3n) is 11.8. The average molecular weight is 766 g/mol. The van der Waals surface area contributed by atoms with Crippen LogP contribution in [0.25, 0.3) is 110 Å². The molecule has 0 saturated carbocycles. The van der Waals surface area contributed by atoms with Gasteiger partial charge in [0.25, 0.3) is 0 Å². The molecule has 11 rings (SSSR count). The molecule has 0 heterocycles. The Hall–Kier alpha value is -7.58. The molecule has 0 amide bonds. The van der Waals surface area contributed by atoms with Crippen molar-refractivity contribution in [3.63, 3.8) is 0 Å². The second kappa shape index (κ2) is 16.0. The van der Waals surface area contributed by atoms with E-state index < -0.39 is 0 Å². The molecule has 1 heteroatoms. The summed E-state index contributed by atoms with van der Waals surface area (Å²) in [4.78, 5) is 0. The molecule has 60 heavy (non-hydrogen) atoms. The first kappa shape index (κ1) is 36.7. The minimum atomic E-state index is 1.19. The third kappa shape index (κ3) is 6.34. The highest BCUT2D eigenvalue weighted by molar-refractivity contribution is 6.23. The molecule has 11 aromatic rings.